The number of nitrogens with one attached hydrogen (secondary N) is 1. The second-order valence-corrected chi connectivity index (χ2v) is 7.81. The van der Waals surface area contributed by atoms with Crippen LogP contribution in [0.15, 0.2) is 54.1 Å². The maximum Gasteiger partial charge on any atom is 0.225 e. The predicted octanol–water partition coefficient (Wildman–Crippen LogP) is 5.38. The second kappa shape index (κ2) is 8.57. The first kappa shape index (κ1) is 20.0. The van der Waals surface area contributed by atoms with Gasteiger partial charge in [0, 0.05) is 12.0 Å². The molecule has 1 amide bonds. The highest BCUT2D eigenvalue weighted by Gasteiger charge is 2.22. The van der Waals surface area contributed by atoms with Crippen molar-refractivity contribution in [3.63, 3.8) is 0 Å². The van der Waals surface area contributed by atoms with Crippen LogP contribution in [0.1, 0.15) is 42.8 Å². The van der Waals surface area contributed by atoms with Gasteiger partial charge < -0.3 is 5.32 Å². The minimum Gasteiger partial charge on any atom is -0.309 e. The number of hydrogen-bond acceptors (Lipinski definition) is 3. The van der Waals surface area contributed by atoms with E-state index >= 15 is 0 Å². The van der Waals surface area contributed by atoms with Gasteiger partial charge in [0.1, 0.15) is 11.5 Å². The molecule has 0 bridgehead atoms. The Bertz CT molecular complexity index is 1120. The van der Waals surface area contributed by atoms with Crippen LogP contribution in [0, 0.1) is 5.82 Å². The molecule has 0 saturated carbocycles. The first-order valence-electron chi connectivity index (χ1n) is 10.2. The van der Waals surface area contributed by atoms with Gasteiger partial charge >= 0.3 is 0 Å². The summed E-state index contributed by atoms with van der Waals surface area (Å²) in [4.78, 5) is 22.2. The molecule has 0 radical (unpaired) electrons. The van der Waals surface area contributed by atoms with E-state index in [1.54, 1.807) is 12.1 Å². The van der Waals surface area contributed by atoms with Crippen LogP contribution >= 0.6 is 0 Å². The maximum atomic E-state index is 13.6. The van der Waals surface area contributed by atoms with Gasteiger partial charge in [-0.3, -0.25) is 4.79 Å². The highest BCUT2D eigenvalue weighted by molar-refractivity contribution is 5.92. The van der Waals surface area contributed by atoms with E-state index in [1.165, 1.54) is 6.07 Å². The number of aromatic nitrogens is 2. The Labute approximate surface area is 175 Å². The van der Waals surface area contributed by atoms with Gasteiger partial charge in [-0.25, -0.2) is 14.4 Å². The highest BCUT2D eigenvalue weighted by Crippen LogP contribution is 2.33. The third kappa shape index (κ3) is 4.46. The van der Waals surface area contributed by atoms with Crippen molar-refractivity contribution in [2.75, 3.05) is 5.32 Å². The molecule has 2 aromatic carbocycles. The summed E-state index contributed by atoms with van der Waals surface area (Å²) in [7, 11) is 0. The molecule has 0 unspecified atom stereocenters. The molecule has 1 aromatic heterocycles. The third-order valence-corrected chi connectivity index (χ3v) is 5.12. The number of anilines is 1. The van der Waals surface area contributed by atoms with Gasteiger partial charge in [-0.05, 0) is 68.5 Å². The van der Waals surface area contributed by atoms with Gasteiger partial charge in [0.2, 0.25) is 5.91 Å². The molecule has 1 N–H and O–H groups in total. The van der Waals surface area contributed by atoms with Gasteiger partial charge in [-0.1, -0.05) is 35.9 Å². The van der Waals surface area contributed by atoms with Crippen molar-refractivity contribution in [1.82, 2.24) is 9.97 Å². The van der Waals surface area contributed by atoms with Crippen LogP contribution in [0.5, 0.6) is 0 Å². The minimum atomic E-state index is -0.239. The first-order valence-corrected chi connectivity index (χ1v) is 10.2. The summed E-state index contributed by atoms with van der Waals surface area (Å²) in [5, 5.41) is 2.95. The molecule has 152 valence electrons. The molecule has 0 aliphatic heterocycles. The number of hydrogen-bond donors (Lipinski definition) is 1. The van der Waals surface area contributed by atoms with Gasteiger partial charge in [-0.2, -0.15) is 0 Å². The zero-order valence-corrected chi connectivity index (χ0v) is 17.2. The van der Waals surface area contributed by atoms with Gasteiger partial charge in [0.05, 0.1) is 11.4 Å². The number of aryl methyl sites for hydroxylation is 3. The van der Waals surface area contributed by atoms with E-state index in [0.717, 1.165) is 33.7 Å². The summed E-state index contributed by atoms with van der Waals surface area (Å²) < 4.78 is 13.6. The molecule has 1 heterocycles. The van der Waals surface area contributed by atoms with Crippen molar-refractivity contribution in [1.29, 1.82) is 0 Å². The Hall–Kier alpha value is -3.34. The predicted molar refractivity (Wildman–Crippen MR) is 118 cm³/mol. The van der Waals surface area contributed by atoms with Crippen molar-refractivity contribution < 1.29 is 9.18 Å². The SMILES string of the molecule is CC(C)=Cc1nc2c(nc1NC(=O)CCc1ccccc1)CCc1cc(F)ccc1-2. The van der Waals surface area contributed by atoms with Crippen molar-refractivity contribution in [3.8, 4) is 11.3 Å². The lowest BCUT2D eigenvalue weighted by Gasteiger charge is -2.20. The standard InChI is InChI=1S/C25H24FN3O/c1-16(2)14-22-25(29-23(30)13-8-17-6-4-3-5-7-17)28-21-12-9-18-15-19(26)10-11-20(18)24(21)27-22/h3-7,10-11,14-15H,8-9,12-13H2,1-2H3,(H,28,29,30). The number of benzene rings is 2. The molecular formula is C25H24FN3O. The number of rotatable bonds is 5. The normalized spacial score (nSPS) is 12.0. The number of nitrogens with zero attached hydrogens (tertiary/aromatic N) is 2. The van der Waals surface area contributed by atoms with E-state index < -0.39 is 0 Å². The summed E-state index contributed by atoms with van der Waals surface area (Å²) >= 11 is 0. The Morgan fingerprint density at radius 3 is 2.67 bits per heavy atom. The zero-order chi connectivity index (χ0) is 21.1. The molecular weight excluding hydrogens is 377 g/mol. The Morgan fingerprint density at radius 1 is 1.10 bits per heavy atom. The monoisotopic (exact) mass is 401 g/mol. The summed E-state index contributed by atoms with van der Waals surface area (Å²) in [6.45, 7) is 3.96. The number of carbonyl (C=O) groups is 1. The van der Waals surface area contributed by atoms with Crippen LogP contribution in [0.4, 0.5) is 10.2 Å². The van der Waals surface area contributed by atoms with Crippen LogP contribution in [-0.4, -0.2) is 15.9 Å². The van der Waals surface area contributed by atoms with Crippen LogP contribution in [-0.2, 0) is 24.1 Å². The fraction of sp³-hybridized carbons (Fsp3) is 0.240. The van der Waals surface area contributed by atoms with Crippen LogP contribution in [0.25, 0.3) is 17.3 Å². The molecule has 30 heavy (non-hydrogen) atoms. The molecule has 3 aromatic rings. The first-order chi connectivity index (χ1) is 14.5. The van der Waals surface area contributed by atoms with E-state index in [-0.39, 0.29) is 11.7 Å². The molecule has 1 aliphatic carbocycles. The summed E-state index contributed by atoms with van der Waals surface area (Å²) in [6, 6.07) is 14.7. The van der Waals surface area contributed by atoms with Gasteiger partial charge in [0.25, 0.3) is 0 Å². The van der Waals surface area contributed by atoms with E-state index in [4.69, 9.17) is 9.97 Å². The minimum absolute atomic E-state index is 0.0882. The third-order valence-electron chi connectivity index (χ3n) is 5.12. The van der Waals surface area contributed by atoms with E-state index in [0.29, 0.717) is 37.2 Å². The molecule has 0 atom stereocenters. The lowest BCUT2D eigenvalue weighted by atomic mass is 9.91. The average molecular weight is 401 g/mol. The summed E-state index contributed by atoms with van der Waals surface area (Å²) in [5.74, 6) is 0.158. The van der Waals surface area contributed by atoms with E-state index in [9.17, 15) is 9.18 Å². The van der Waals surface area contributed by atoms with Gasteiger partial charge in [-0.15, -0.1) is 0 Å². The highest BCUT2D eigenvalue weighted by atomic mass is 19.1. The summed E-state index contributed by atoms with van der Waals surface area (Å²) in [5.41, 5.74) is 6.26. The number of fused-ring (bicyclic) bond motifs is 3. The van der Waals surface area contributed by atoms with E-state index in [1.807, 2.05) is 50.3 Å². The molecule has 4 rings (SSSR count). The van der Waals surface area contributed by atoms with Crippen molar-refractivity contribution in [2.45, 2.75) is 39.5 Å². The number of allylic oxidation sites excluding steroid dienone is 1. The number of halogens is 1. The summed E-state index contributed by atoms with van der Waals surface area (Å²) in [6.07, 6.45) is 4.33. The maximum absolute atomic E-state index is 13.6. The van der Waals surface area contributed by atoms with Crippen LogP contribution < -0.4 is 5.32 Å². The average Bonchev–Trinajstić information content (AvgIpc) is 2.73. The Morgan fingerprint density at radius 2 is 1.90 bits per heavy atom. The quantitative estimate of drug-likeness (QED) is 0.625. The number of amides is 1. The lowest BCUT2D eigenvalue weighted by molar-refractivity contribution is -0.116. The lowest BCUT2D eigenvalue weighted by Crippen LogP contribution is -2.18. The smallest absolute Gasteiger partial charge is 0.225 e. The Balaban J connectivity index is 1.62. The fourth-order valence-corrected chi connectivity index (χ4v) is 3.69. The zero-order valence-electron chi connectivity index (χ0n) is 17.2. The molecule has 0 fully saturated rings. The van der Waals surface area contributed by atoms with Crippen molar-refractivity contribution in [3.05, 3.63) is 82.4 Å². The topological polar surface area (TPSA) is 54.9 Å². The van der Waals surface area contributed by atoms with Gasteiger partial charge in [0.15, 0.2) is 5.82 Å². The van der Waals surface area contributed by atoms with Crippen molar-refractivity contribution in [2.24, 2.45) is 0 Å². The Kier molecular flexibility index (Phi) is 5.70. The van der Waals surface area contributed by atoms with E-state index in [2.05, 4.69) is 5.32 Å². The molecule has 1 aliphatic rings. The fourth-order valence-electron chi connectivity index (χ4n) is 3.69. The number of carbonyl (C=O) groups excluding carboxylic acids is 1. The van der Waals surface area contributed by atoms with Crippen LogP contribution in [0.3, 0.4) is 0 Å². The van der Waals surface area contributed by atoms with Crippen molar-refractivity contribution >= 4 is 17.8 Å². The molecule has 0 saturated heterocycles. The van der Waals surface area contributed by atoms with Crippen LogP contribution in [0.2, 0.25) is 0 Å². The largest absolute Gasteiger partial charge is 0.309 e. The molecule has 5 heteroatoms. The molecule has 4 nitrogen and oxygen atoms in total. The molecule has 0 spiro atoms. The second-order valence-electron chi connectivity index (χ2n) is 7.81.